The first-order valence-electron chi connectivity index (χ1n) is 8.41. The fraction of sp³-hybridized carbons (Fsp3) is 0.444. The predicted molar refractivity (Wildman–Crippen MR) is 98.7 cm³/mol. The van der Waals surface area contributed by atoms with Gasteiger partial charge in [-0.25, -0.2) is 0 Å². The van der Waals surface area contributed by atoms with Gasteiger partial charge < -0.3 is 5.32 Å². The van der Waals surface area contributed by atoms with Gasteiger partial charge in [-0.3, -0.25) is 4.90 Å². The minimum Gasteiger partial charge on any atom is -0.364 e. The Bertz CT molecular complexity index is 724. The normalized spacial score (nSPS) is 28.8. The Kier molecular flexibility index (Phi) is 4.37. The van der Waals surface area contributed by atoms with Crippen molar-refractivity contribution in [1.82, 2.24) is 15.1 Å². The monoisotopic (exact) mass is 362 g/mol. The van der Waals surface area contributed by atoms with Crippen LogP contribution in [0.2, 0.25) is 10.0 Å². The van der Waals surface area contributed by atoms with Gasteiger partial charge in [0.2, 0.25) is 0 Å². The van der Waals surface area contributed by atoms with Crippen molar-refractivity contribution in [2.75, 3.05) is 18.4 Å². The van der Waals surface area contributed by atoms with Crippen LogP contribution in [-0.2, 0) is 0 Å². The molecule has 5 rings (SSSR count). The molecule has 126 valence electrons. The van der Waals surface area contributed by atoms with E-state index < -0.39 is 0 Å². The van der Waals surface area contributed by atoms with E-state index in [-0.39, 0.29) is 0 Å². The van der Waals surface area contributed by atoms with Crippen LogP contribution in [0.4, 0.5) is 5.82 Å². The highest BCUT2D eigenvalue weighted by Gasteiger charge is 2.39. The zero-order chi connectivity index (χ0) is 16.7. The van der Waals surface area contributed by atoms with Gasteiger partial charge in [-0.1, -0.05) is 29.3 Å². The highest BCUT2D eigenvalue weighted by molar-refractivity contribution is 6.42. The lowest BCUT2D eigenvalue weighted by Gasteiger charge is -2.50. The predicted octanol–water partition coefficient (Wildman–Crippen LogP) is 4.35. The van der Waals surface area contributed by atoms with Crippen molar-refractivity contribution in [2.45, 2.75) is 31.8 Å². The van der Waals surface area contributed by atoms with Gasteiger partial charge in [0.15, 0.2) is 0 Å². The average molecular weight is 363 g/mol. The second-order valence-electron chi connectivity index (χ2n) is 6.72. The molecule has 3 aliphatic heterocycles. The average Bonchev–Trinajstić information content (AvgIpc) is 2.61. The molecule has 0 unspecified atom stereocenters. The van der Waals surface area contributed by atoms with Crippen LogP contribution in [0, 0.1) is 5.92 Å². The molecule has 0 spiro atoms. The molecule has 24 heavy (non-hydrogen) atoms. The molecule has 0 amide bonds. The molecule has 0 aliphatic carbocycles. The fourth-order valence-electron chi connectivity index (χ4n) is 3.93. The number of hydrogen-bond donors (Lipinski definition) is 1. The number of hydrogen-bond acceptors (Lipinski definition) is 4. The largest absolute Gasteiger partial charge is 0.364 e. The molecule has 4 heterocycles. The lowest BCUT2D eigenvalue weighted by atomic mass is 9.79. The van der Waals surface area contributed by atoms with Crippen molar-refractivity contribution in [3.8, 4) is 11.3 Å². The molecule has 3 saturated heterocycles. The van der Waals surface area contributed by atoms with Crippen LogP contribution in [-0.4, -0.2) is 40.3 Å². The number of anilines is 1. The van der Waals surface area contributed by atoms with Crippen LogP contribution in [0.1, 0.15) is 19.8 Å². The van der Waals surface area contributed by atoms with Crippen LogP contribution in [0.15, 0.2) is 30.3 Å². The standard InChI is InChI=1S/C18H20Cl2N4/c1-11-18(12-6-8-24(11)9-7-12)21-17-5-4-16(22-23-17)13-2-3-14(19)15(20)10-13/h2-5,10-12,18H,6-9H2,1H3,(H,21,23)/t11-,18+/m1/s1. The van der Waals surface area contributed by atoms with Crippen LogP contribution in [0.3, 0.4) is 0 Å². The number of nitrogens with zero attached hydrogens (tertiary/aromatic N) is 3. The zero-order valence-electron chi connectivity index (χ0n) is 13.5. The molecule has 1 aromatic carbocycles. The maximum absolute atomic E-state index is 6.08. The SMILES string of the molecule is C[C@@H]1[C@H](Nc2ccc(-c3ccc(Cl)c(Cl)c3)nn2)C2CCN1CC2. The summed E-state index contributed by atoms with van der Waals surface area (Å²) in [6.07, 6.45) is 2.55. The number of rotatable bonds is 3. The van der Waals surface area contributed by atoms with Crippen molar-refractivity contribution in [3.05, 3.63) is 40.4 Å². The molecule has 4 nitrogen and oxygen atoms in total. The summed E-state index contributed by atoms with van der Waals surface area (Å²) in [5.41, 5.74) is 1.71. The Hall–Kier alpha value is -1.36. The molecule has 2 atom stereocenters. The maximum atomic E-state index is 6.08. The Morgan fingerprint density at radius 1 is 1.04 bits per heavy atom. The lowest BCUT2D eigenvalue weighted by molar-refractivity contribution is 0.0457. The molecule has 0 saturated carbocycles. The van der Waals surface area contributed by atoms with Gasteiger partial charge >= 0.3 is 0 Å². The first-order valence-corrected chi connectivity index (χ1v) is 9.17. The van der Waals surface area contributed by atoms with Crippen LogP contribution >= 0.6 is 23.2 Å². The van der Waals surface area contributed by atoms with Gasteiger partial charge in [0.05, 0.1) is 15.7 Å². The van der Waals surface area contributed by atoms with Crippen molar-refractivity contribution < 1.29 is 0 Å². The summed E-state index contributed by atoms with van der Waals surface area (Å²) >= 11 is 12.0. The van der Waals surface area contributed by atoms with Gasteiger partial charge in [0, 0.05) is 17.6 Å². The fourth-order valence-corrected chi connectivity index (χ4v) is 4.23. The van der Waals surface area contributed by atoms with E-state index in [2.05, 4.69) is 27.3 Å². The zero-order valence-corrected chi connectivity index (χ0v) is 15.1. The van der Waals surface area contributed by atoms with Crippen molar-refractivity contribution in [1.29, 1.82) is 0 Å². The Balaban J connectivity index is 1.50. The number of nitrogens with one attached hydrogen (secondary N) is 1. The first-order chi connectivity index (χ1) is 11.6. The summed E-state index contributed by atoms with van der Waals surface area (Å²) in [4.78, 5) is 2.56. The molecule has 6 heteroatoms. The van der Waals surface area contributed by atoms with Crippen molar-refractivity contribution in [2.24, 2.45) is 5.92 Å². The van der Waals surface area contributed by atoms with Gasteiger partial charge in [-0.2, -0.15) is 0 Å². The highest BCUT2D eigenvalue weighted by Crippen LogP contribution is 2.34. The summed E-state index contributed by atoms with van der Waals surface area (Å²) < 4.78 is 0. The van der Waals surface area contributed by atoms with Gasteiger partial charge in [0.1, 0.15) is 5.82 Å². The van der Waals surface area contributed by atoms with Gasteiger partial charge in [-0.15, -0.1) is 10.2 Å². The summed E-state index contributed by atoms with van der Waals surface area (Å²) in [6, 6.07) is 10.5. The number of benzene rings is 1. The molecule has 3 fully saturated rings. The summed E-state index contributed by atoms with van der Waals surface area (Å²) in [5, 5.41) is 13.4. The second kappa shape index (κ2) is 6.51. The van der Waals surface area contributed by atoms with Crippen molar-refractivity contribution in [3.63, 3.8) is 0 Å². The van der Waals surface area contributed by atoms with Gasteiger partial charge in [0.25, 0.3) is 0 Å². The third-order valence-electron chi connectivity index (χ3n) is 5.37. The van der Waals surface area contributed by atoms with E-state index in [1.165, 1.54) is 25.9 Å². The summed E-state index contributed by atoms with van der Waals surface area (Å²) in [5.74, 6) is 1.57. The van der Waals surface area contributed by atoms with Crippen LogP contribution in [0.5, 0.6) is 0 Å². The third-order valence-corrected chi connectivity index (χ3v) is 6.11. The molecular weight excluding hydrogens is 343 g/mol. The van der Waals surface area contributed by atoms with E-state index in [1.54, 1.807) is 6.07 Å². The third kappa shape index (κ3) is 2.99. The molecule has 2 bridgehead atoms. The molecule has 1 aromatic heterocycles. The number of aromatic nitrogens is 2. The molecule has 0 radical (unpaired) electrons. The molecule has 1 N–H and O–H groups in total. The first kappa shape index (κ1) is 16.1. The van der Waals surface area contributed by atoms with Crippen molar-refractivity contribution >= 4 is 29.0 Å². The van der Waals surface area contributed by atoms with Gasteiger partial charge in [-0.05, 0) is 63.0 Å². The summed E-state index contributed by atoms with van der Waals surface area (Å²) in [6.45, 7) is 4.76. The molecule has 3 aliphatic rings. The minimum atomic E-state index is 0.456. The number of piperidine rings is 3. The van der Waals surface area contributed by atoms with E-state index in [4.69, 9.17) is 23.2 Å². The number of fused-ring (bicyclic) bond motifs is 3. The highest BCUT2D eigenvalue weighted by atomic mass is 35.5. The summed E-state index contributed by atoms with van der Waals surface area (Å²) in [7, 11) is 0. The van der Waals surface area contributed by atoms with E-state index in [0.717, 1.165) is 23.0 Å². The Labute approximate surface area is 152 Å². The van der Waals surface area contributed by atoms with E-state index in [1.807, 2.05) is 24.3 Å². The quantitative estimate of drug-likeness (QED) is 0.881. The van der Waals surface area contributed by atoms with Crippen LogP contribution < -0.4 is 5.32 Å². The Morgan fingerprint density at radius 2 is 1.83 bits per heavy atom. The lowest BCUT2D eigenvalue weighted by Crippen LogP contribution is -2.59. The van der Waals surface area contributed by atoms with Crippen LogP contribution in [0.25, 0.3) is 11.3 Å². The molecule has 2 aromatic rings. The minimum absolute atomic E-state index is 0.456. The van der Waals surface area contributed by atoms with E-state index in [9.17, 15) is 0 Å². The topological polar surface area (TPSA) is 41.1 Å². The Morgan fingerprint density at radius 3 is 2.46 bits per heavy atom. The molecular formula is C18H20Cl2N4. The second-order valence-corrected chi connectivity index (χ2v) is 7.53. The van der Waals surface area contributed by atoms with E-state index in [0.29, 0.717) is 22.1 Å². The maximum Gasteiger partial charge on any atom is 0.148 e. The number of halogens is 2. The van der Waals surface area contributed by atoms with E-state index >= 15 is 0 Å². The smallest absolute Gasteiger partial charge is 0.148 e.